The standard InChI is InChI=1S/C22H27NO/c1-15(24)18-13-17(12-16-8-6-5-7-9-16)14-19-20(22(2,3)4)10-11-23-21(18)19/h5-9,13-14,20,23H,10-12H2,1-4H3. The van der Waals surface area contributed by atoms with Gasteiger partial charge in [-0.2, -0.15) is 0 Å². The summed E-state index contributed by atoms with van der Waals surface area (Å²) in [6.07, 6.45) is 1.98. The van der Waals surface area contributed by atoms with Gasteiger partial charge in [0.2, 0.25) is 0 Å². The van der Waals surface area contributed by atoms with Gasteiger partial charge < -0.3 is 5.32 Å². The molecular formula is C22H27NO. The van der Waals surface area contributed by atoms with Crippen LogP contribution in [-0.4, -0.2) is 12.3 Å². The number of hydrogen-bond donors (Lipinski definition) is 1. The number of anilines is 1. The van der Waals surface area contributed by atoms with Crippen molar-refractivity contribution in [3.63, 3.8) is 0 Å². The summed E-state index contributed by atoms with van der Waals surface area (Å²) in [6, 6.07) is 14.9. The average Bonchev–Trinajstić information content (AvgIpc) is 2.53. The highest BCUT2D eigenvalue weighted by atomic mass is 16.1. The number of benzene rings is 2. The van der Waals surface area contributed by atoms with Crippen molar-refractivity contribution in [2.45, 2.75) is 46.5 Å². The summed E-state index contributed by atoms with van der Waals surface area (Å²) in [5.41, 5.74) is 5.91. The molecule has 126 valence electrons. The van der Waals surface area contributed by atoms with Gasteiger partial charge in [-0.05, 0) is 53.9 Å². The molecule has 2 heteroatoms. The van der Waals surface area contributed by atoms with Crippen molar-refractivity contribution < 1.29 is 4.79 Å². The number of hydrogen-bond acceptors (Lipinski definition) is 2. The Bertz CT molecular complexity index is 741. The lowest BCUT2D eigenvalue weighted by molar-refractivity contribution is 0.101. The minimum absolute atomic E-state index is 0.142. The third-order valence-electron chi connectivity index (χ3n) is 5.01. The van der Waals surface area contributed by atoms with Crippen LogP contribution >= 0.6 is 0 Å². The molecule has 2 nitrogen and oxygen atoms in total. The van der Waals surface area contributed by atoms with E-state index in [0.29, 0.717) is 5.92 Å². The van der Waals surface area contributed by atoms with E-state index in [9.17, 15) is 4.79 Å². The Kier molecular flexibility index (Phi) is 4.49. The Balaban J connectivity index is 2.09. The number of carbonyl (C=O) groups is 1. The highest BCUT2D eigenvalue weighted by Crippen LogP contribution is 2.45. The average molecular weight is 321 g/mol. The molecule has 0 spiro atoms. The quantitative estimate of drug-likeness (QED) is 0.764. The van der Waals surface area contributed by atoms with E-state index < -0.39 is 0 Å². The van der Waals surface area contributed by atoms with Crippen LogP contribution in [0.15, 0.2) is 42.5 Å². The second-order valence-corrected chi connectivity index (χ2v) is 7.96. The Hall–Kier alpha value is -2.09. The Morgan fingerprint density at radius 2 is 1.83 bits per heavy atom. The Labute approximate surface area is 145 Å². The van der Waals surface area contributed by atoms with Crippen LogP contribution in [0, 0.1) is 5.41 Å². The zero-order valence-electron chi connectivity index (χ0n) is 15.1. The molecule has 0 aromatic heterocycles. The zero-order chi connectivity index (χ0) is 17.3. The van der Waals surface area contributed by atoms with Crippen molar-refractivity contribution in [2.75, 3.05) is 11.9 Å². The molecule has 1 aliphatic rings. The number of carbonyl (C=O) groups excluding carboxylic acids is 1. The largest absolute Gasteiger partial charge is 0.384 e. The van der Waals surface area contributed by atoms with Crippen molar-refractivity contribution in [3.05, 3.63) is 64.7 Å². The molecule has 1 atom stereocenters. The molecule has 0 saturated heterocycles. The monoisotopic (exact) mass is 321 g/mol. The summed E-state index contributed by atoms with van der Waals surface area (Å²) in [6.45, 7) is 9.50. The fourth-order valence-corrected chi connectivity index (χ4v) is 3.81. The lowest BCUT2D eigenvalue weighted by Gasteiger charge is -2.37. The normalized spacial score (nSPS) is 17.1. The van der Waals surface area contributed by atoms with Crippen LogP contribution in [0.1, 0.15) is 67.1 Å². The first-order valence-electron chi connectivity index (χ1n) is 8.82. The Morgan fingerprint density at radius 3 is 2.46 bits per heavy atom. The van der Waals surface area contributed by atoms with Gasteiger partial charge in [-0.15, -0.1) is 0 Å². The first-order chi connectivity index (χ1) is 11.4. The molecule has 1 aliphatic heterocycles. The number of ketones is 1. The van der Waals surface area contributed by atoms with E-state index in [1.165, 1.54) is 16.7 Å². The van der Waals surface area contributed by atoms with Crippen LogP contribution in [0.5, 0.6) is 0 Å². The van der Waals surface area contributed by atoms with E-state index in [1.54, 1.807) is 6.92 Å². The maximum Gasteiger partial charge on any atom is 0.161 e. The lowest BCUT2D eigenvalue weighted by atomic mass is 9.71. The van der Waals surface area contributed by atoms with Crippen molar-refractivity contribution in [3.8, 4) is 0 Å². The summed E-state index contributed by atoms with van der Waals surface area (Å²) in [5.74, 6) is 0.616. The fraction of sp³-hybridized carbons (Fsp3) is 0.409. The molecule has 3 rings (SSSR count). The summed E-state index contributed by atoms with van der Waals surface area (Å²) in [4.78, 5) is 12.2. The van der Waals surface area contributed by atoms with Crippen molar-refractivity contribution in [1.82, 2.24) is 0 Å². The molecule has 0 fully saturated rings. The van der Waals surface area contributed by atoms with E-state index in [4.69, 9.17) is 0 Å². The second kappa shape index (κ2) is 6.43. The van der Waals surface area contributed by atoms with Crippen molar-refractivity contribution in [2.24, 2.45) is 5.41 Å². The van der Waals surface area contributed by atoms with Crippen LogP contribution in [0.25, 0.3) is 0 Å². The van der Waals surface area contributed by atoms with Gasteiger partial charge in [-0.1, -0.05) is 57.2 Å². The van der Waals surface area contributed by atoms with E-state index in [0.717, 1.165) is 30.6 Å². The van der Waals surface area contributed by atoms with Crippen LogP contribution < -0.4 is 5.32 Å². The highest BCUT2D eigenvalue weighted by molar-refractivity contribution is 6.00. The lowest BCUT2D eigenvalue weighted by Crippen LogP contribution is -2.28. The van der Waals surface area contributed by atoms with Crippen LogP contribution in [0.3, 0.4) is 0 Å². The smallest absolute Gasteiger partial charge is 0.161 e. The minimum Gasteiger partial charge on any atom is -0.384 e. The number of rotatable bonds is 3. The van der Waals surface area contributed by atoms with Crippen LogP contribution in [0.2, 0.25) is 0 Å². The van der Waals surface area contributed by atoms with Gasteiger partial charge in [0.25, 0.3) is 0 Å². The molecule has 24 heavy (non-hydrogen) atoms. The minimum atomic E-state index is 0.142. The van der Waals surface area contributed by atoms with Crippen LogP contribution in [-0.2, 0) is 6.42 Å². The third-order valence-corrected chi connectivity index (χ3v) is 5.01. The van der Waals surface area contributed by atoms with E-state index in [-0.39, 0.29) is 11.2 Å². The second-order valence-electron chi connectivity index (χ2n) is 7.96. The summed E-state index contributed by atoms with van der Waals surface area (Å²) >= 11 is 0. The molecule has 0 aliphatic carbocycles. The molecule has 0 radical (unpaired) electrons. The Morgan fingerprint density at radius 1 is 1.12 bits per heavy atom. The van der Waals surface area contributed by atoms with Gasteiger partial charge in [0.15, 0.2) is 5.78 Å². The van der Waals surface area contributed by atoms with Crippen molar-refractivity contribution in [1.29, 1.82) is 0 Å². The molecule has 1 N–H and O–H groups in total. The fourth-order valence-electron chi connectivity index (χ4n) is 3.81. The molecule has 0 saturated carbocycles. The first kappa shape index (κ1) is 16.8. The predicted molar refractivity (Wildman–Crippen MR) is 101 cm³/mol. The maximum atomic E-state index is 12.2. The molecule has 0 amide bonds. The molecule has 1 heterocycles. The summed E-state index contributed by atoms with van der Waals surface area (Å²) < 4.78 is 0. The van der Waals surface area contributed by atoms with Crippen molar-refractivity contribution >= 4 is 11.5 Å². The van der Waals surface area contributed by atoms with Gasteiger partial charge in [0, 0.05) is 17.8 Å². The molecule has 0 bridgehead atoms. The van der Waals surface area contributed by atoms with Gasteiger partial charge in [0.1, 0.15) is 0 Å². The summed E-state index contributed by atoms with van der Waals surface area (Å²) in [5, 5.41) is 3.48. The third kappa shape index (κ3) is 3.38. The SMILES string of the molecule is CC(=O)c1cc(Cc2ccccc2)cc2c1NCCC2C(C)(C)C. The summed E-state index contributed by atoms with van der Waals surface area (Å²) in [7, 11) is 0. The molecule has 2 aromatic rings. The topological polar surface area (TPSA) is 29.1 Å². The van der Waals surface area contributed by atoms with E-state index in [2.05, 4.69) is 62.5 Å². The van der Waals surface area contributed by atoms with Gasteiger partial charge in [0.05, 0.1) is 0 Å². The van der Waals surface area contributed by atoms with E-state index in [1.807, 2.05) is 6.07 Å². The van der Waals surface area contributed by atoms with Gasteiger partial charge in [-0.25, -0.2) is 0 Å². The zero-order valence-corrected chi connectivity index (χ0v) is 15.1. The molecule has 1 unspecified atom stereocenters. The highest BCUT2D eigenvalue weighted by Gasteiger charge is 2.32. The van der Waals surface area contributed by atoms with E-state index >= 15 is 0 Å². The number of Topliss-reactive ketones (excluding diaryl/α,β-unsaturated/α-hetero) is 1. The van der Waals surface area contributed by atoms with Gasteiger partial charge >= 0.3 is 0 Å². The molecular weight excluding hydrogens is 294 g/mol. The number of fused-ring (bicyclic) bond motifs is 1. The maximum absolute atomic E-state index is 12.2. The predicted octanol–water partition coefficient (Wildman–Crippen LogP) is 5.43. The van der Waals surface area contributed by atoms with Crippen LogP contribution in [0.4, 0.5) is 5.69 Å². The first-order valence-corrected chi connectivity index (χ1v) is 8.82. The number of nitrogens with one attached hydrogen (secondary N) is 1. The van der Waals surface area contributed by atoms with Gasteiger partial charge in [-0.3, -0.25) is 4.79 Å². The molecule has 2 aromatic carbocycles.